The van der Waals surface area contributed by atoms with Crippen LogP contribution in [0.1, 0.15) is 20.7 Å². The number of carbonyl (C=O) groups excluding carboxylic acids is 2. The lowest BCUT2D eigenvalue weighted by molar-refractivity contribution is 0.0915. The predicted octanol–water partition coefficient (Wildman–Crippen LogP) is 10.8. The zero-order valence-electron chi connectivity index (χ0n) is 29.3. The van der Waals surface area contributed by atoms with E-state index in [2.05, 4.69) is 48.5 Å². The predicted molar refractivity (Wildman–Crippen MR) is 218 cm³/mol. The molecule has 0 heterocycles. The summed E-state index contributed by atoms with van der Waals surface area (Å²) >= 11 is 0. The van der Waals surface area contributed by atoms with Crippen molar-refractivity contribution < 1.29 is 27.5 Å². The average molecular weight is 735 g/mol. The summed E-state index contributed by atoms with van der Waals surface area (Å²) in [4.78, 5) is 27.3. The Morgan fingerprint density at radius 3 is 1.15 bits per heavy atom. The van der Waals surface area contributed by atoms with E-state index in [0.29, 0.717) is 11.1 Å². The Hall–Kier alpha value is -6.83. The first-order chi connectivity index (χ1) is 26.9. The topological polar surface area (TPSA) is 86.7 Å². The lowest BCUT2D eigenvalue weighted by Gasteiger charge is -2.16. The maximum Gasteiger partial charge on any atom is 0.213 e. The summed E-state index contributed by atoms with van der Waals surface area (Å²) in [6.45, 7) is -0.745. The highest BCUT2D eigenvalue weighted by Crippen LogP contribution is 2.39. The van der Waals surface area contributed by atoms with Crippen molar-refractivity contribution in [3.63, 3.8) is 0 Å². The first-order valence-electron chi connectivity index (χ1n) is 17.9. The third-order valence-corrected chi connectivity index (χ3v) is 12.5. The second-order valence-corrected chi connectivity index (χ2v) is 15.6. The number of carbonyl (C=O) groups is 2. The molecule has 0 fully saturated rings. The number of hydrogen-bond donors (Lipinski definition) is 0. The van der Waals surface area contributed by atoms with Crippen LogP contribution in [0.2, 0.25) is 0 Å². The normalized spacial score (nSPS) is 12.1. The molecule has 0 unspecified atom stereocenters. The molecule has 0 saturated carbocycles. The summed E-state index contributed by atoms with van der Waals surface area (Å²) in [7, 11) is -4.24. The van der Waals surface area contributed by atoms with E-state index in [-0.39, 0.29) is 46.1 Å². The average Bonchev–Trinajstić information content (AvgIpc) is 3.23. The fraction of sp³-hybridized carbons (Fsp3) is 0.0417. The van der Waals surface area contributed by atoms with Crippen LogP contribution >= 0.6 is 0 Å². The molecule has 0 spiro atoms. The number of para-hydroxylation sites is 2. The van der Waals surface area contributed by atoms with Crippen LogP contribution in [0.5, 0.6) is 11.5 Å². The lowest BCUT2D eigenvalue weighted by Crippen LogP contribution is -2.15. The van der Waals surface area contributed by atoms with Gasteiger partial charge in [0.1, 0.15) is 21.3 Å². The fourth-order valence-electron chi connectivity index (χ4n) is 8.10. The van der Waals surface area contributed by atoms with Crippen LogP contribution < -0.4 is 9.47 Å². The van der Waals surface area contributed by atoms with Crippen LogP contribution in [0.4, 0.5) is 0 Å². The van der Waals surface area contributed by atoms with E-state index in [0.717, 1.165) is 64.6 Å². The van der Waals surface area contributed by atoms with E-state index in [1.165, 1.54) is 24.3 Å². The number of rotatable bonds is 10. The monoisotopic (exact) mass is 734 g/mol. The van der Waals surface area contributed by atoms with Gasteiger partial charge in [-0.25, -0.2) is 8.42 Å². The maximum atomic E-state index is 14.3. The van der Waals surface area contributed by atoms with Gasteiger partial charge >= 0.3 is 0 Å². The second kappa shape index (κ2) is 12.6. The van der Waals surface area contributed by atoms with Gasteiger partial charge in [-0.15, -0.1) is 0 Å². The molecule has 0 aliphatic heterocycles. The molecular weight excluding hydrogens is 705 g/mol. The van der Waals surface area contributed by atoms with Gasteiger partial charge in [0, 0.05) is 11.1 Å². The van der Waals surface area contributed by atoms with Crippen molar-refractivity contribution in [1.82, 2.24) is 0 Å². The molecule has 6 nitrogen and oxygen atoms in total. The minimum atomic E-state index is -4.24. The van der Waals surface area contributed by atoms with Gasteiger partial charge in [0.2, 0.25) is 21.4 Å². The van der Waals surface area contributed by atoms with Crippen LogP contribution in [0.25, 0.3) is 64.6 Å². The molecular formula is C48H30O6S. The zero-order valence-corrected chi connectivity index (χ0v) is 30.1. The zero-order chi connectivity index (χ0) is 37.3. The van der Waals surface area contributed by atoms with Gasteiger partial charge in [0.25, 0.3) is 0 Å². The second-order valence-electron chi connectivity index (χ2n) is 13.8. The highest BCUT2D eigenvalue weighted by atomic mass is 32.2. The molecule has 0 atom stereocenters. The summed E-state index contributed by atoms with van der Waals surface area (Å²) in [5, 5.41) is 12.3. The van der Waals surface area contributed by atoms with Gasteiger partial charge in [0.05, 0.1) is 0 Å². The van der Waals surface area contributed by atoms with E-state index in [9.17, 15) is 18.0 Å². The molecule has 0 N–H and O–H groups in total. The number of hydrogen-bond acceptors (Lipinski definition) is 6. The molecule has 7 heteroatoms. The minimum absolute atomic E-state index is 0.0353. The summed E-state index contributed by atoms with van der Waals surface area (Å²) in [5.41, 5.74) is 0.998. The van der Waals surface area contributed by atoms with E-state index in [1.807, 2.05) is 48.5 Å². The van der Waals surface area contributed by atoms with Gasteiger partial charge in [-0.3, -0.25) is 9.59 Å². The smallest absolute Gasteiger partial charge is 0.213 e. The van der Waals surface area contributed by atoms with Crippen molar-refractivity contribution in [2.45, 2.75) is 9.79 Å². The first-order valence-corrected chi connectivity index (χ1v) is 19.4. The van der Waals surface area contributed by atoms with Gasteiger partial charge in [-0.05, 0) is 88.9 Å². The fourth-order valence-corrected chi connectivity index (χ4v) is 9.64. The Morgan fingerprint density at radius 2 is 0.727 bits per heavy atom. The highest BCUT2D eigenvalue weighted by Gasteiger charge is 2.27. The number of sulfone groups is 1. The van der Waals surface area contributed by atoms with Crippen LogP contribution in [0.3, 0.4) is 0 Å². The van der Waals surface area contributed by atoms with E-state index >= 15 is 0 Å². The first kappa shape index (κ1) is 32.8. The molecule has 0 radical (unpaired) electrons. The Morgan fingerprint density at radius 1 is 0.382 bits per heavy atom. The summed E-state index contributed by atoms with van der Waals surface area (Å²) in [5.74, 6) is -0.487. The Kier molecular flexibility index (Phi) is 7.54. The van der Waals surface area contributed by atoms with Crippen molar-refractivity contribution in [2.24, 2.45) is 0 Å². The standard InChI is InChI=1S/C48H30O6S/c49-39(35-23-19-33-17-15-29-7-5-9-31-21-25-37(35)47(33)45(29)31)27-53-41-11-1-3-13-43(41)55(51,52)44-14-4-2-12-42(44)54-28-40(50)36-24-20-34-18-16-30-8-6-10-32-22-26-38(36)48(34)46(30)32/h1-26H,27-28H2. The molecule has 0 bridgehead atoms. The number of Topliss-reactive ketones (excluding diaryl/α,β-unsaturated/α-hetero) is 2. The SMILES string of the molecule is O=C(COc1ccccc1S(=O)(=O)c1ccccc1OCC(=O)c1ccc2ccc3cccc4ccc1c2c34)c1ccc2ccc3cccc4ccc1c2c34. The quantitative estimate of drug-likeness (QED) is 0.103. The molecule has 10 aromatic carbocycles. The summed E-state index contributed by atoms with van der Waals surface area (Å²) in [6, 6.07) is 48.5. The van der Waals surface area contributed by atoms with Crippen LogP contribution in [-0.4, -0.2) is 33.2 Å². The molecule has 55 heavy (non-hydrogen) atoms. The Balaban J connectivity index is 0.923. The molecule has 0 saturated heterocycles. The lowest BCUT2D eigenvalue weighted by atomic mass is 9.91. The maximum absolute atomic E-state index is 14.3. The van der Waals surface area contributed by atoms with E-state index in [4.69, 9.17) is 9.47 Å². The number of benzene rings is 10. The summed E-state index contributed by atoms with van der Waals surface area (Å²) < 4.78 is 40.7. The van der Waals surface area contributed by atoms with E-state index < -0.39 is 9.84 Å². The van der Waals surface area contributed by atoms with Gasteiger partial charge in [-0.2, -0.15) is 0 Å². The van der Waals surface area contributed by atoms with Crippen LogP contribution in [0, 0.1) is 0 Å². The van der Waals surface area contributed by atoms with Crippen LogP contribution in [0.15, 0.2) is 168 Å². The number of ketones is 2. The van der Waals surface area contributed by atoms with Crippen molar-refractivity contribution >= 4 is 86.0 Å². The van der Waals surface area contributed by atoms with Gasteiger partial charge in [0.15, 0.2) is 13.2 Å². The molecule has 264 valence electrons. The number of ether oxygens (including phenoxy) is 2. The largest absolute Gasteiger partial charge is 0.484 e. The van der Waals surface area contributed by atoms with Gasteiger partial charge in [-0.1, -0.05) is 133 Å². The van der Waals surface area contributed by atoms with Crippen LogP contribution in [-0.2, 0) is 9.84 Å². The third-order valence-electron chi connectivity index (χ3n) is 10.7. The molecule has 10 rings (SSSR count). The Labute approximate surface area is 315 Å². The molecule has 0 aromatic heterocycles. The van der Waals surface area contributed by atoms with Gasteiger partial charge < -0.3 is 9.47 Å². The molecule has 0 aliphatic carbocycles. The van der Waals surface area contributed by atoms with Crippen molar-refractivity contribution in [1.29, 1.82) is 0 Å². The highest BCUT2D eigenvalue weighted by molar-refractivity contribution is 7.91. The van der Waals surface area contributed by atoms with Crippen molar-refractivity contribution in [3.05, 3.63) is 169 Å². The molecule has 0 aliphatic rings. The van der Waals surface area contributed by atoms with Crippen molar-refractivity contribution in [2.75, 3.05) is 13.2 Å². The molecule has 0 amide bonds. The minimum Gasteiger partial charge on any atom is -0.484 e. The molecule has 10 aromatic rings. The van der Waals surface area contributed by atoms with E-state index in [1.54, 1.807) is 36.4 Å². The Bertz CT molecular complexity index is 3030. The van der Waals surface area contributed by atoms with Crippen molar-refractivity contribution in [3.8, 4) is 11.5 Å². The third kappa shape index (κ3) is 5.27. The summed E-state index contributed by atoms with van der Waals surface area (Å²) in [6.07, 6.45) is 0.